The summed E-state index contributed by atoms with van der Waals surface area (Å²) < 4.78 is 0. The third kappa shape index (κ3) is 4.14. The summed E-state index contributed by atoms with van der Waals surface area (Å²) >= 11 is 5.88. The monoisotopic (exact) mass is 238 g/mol. The van der Waals surface area contributed by atoms with Gasteiger partial charge in [-0.15, -0.1) is 0 Å². The van der Waals surface area contributed by atoms with Crippen LogP contribution in [0.15, 0.2) is 30.3 Å². The molecule has 0 fully saturated rings. The highest BCUT2D eigenvalue weighted by Crippen LogP contribution is 2.15. The average Bonchev–Trinajstić information content (AvgIpc) is 2.25. The molecule has 3 N–H and O–H groups in total. The first-order chi connectivity index (χ1) is 7.59. The highest BCUT2D eigenvalue weighted by molar-refractivity contribution is 6.32. The molecule has 1 aromatic carbocycles. The van der Waals surface area contributed by atoms with E-state index in [1.54, 1.807) is 24.3 Å². The van der Waals surface area contributed by atoms with Crippen molar-refractivity contribution in [3.8, 4) is 0 Å². The van der Waals surface area contributed by atoms with Gasteiger partial charge < -0.3 is 11.1 Å². The maximum atomic E-state index is 11.2. The van der Waals surface area contributed by atoms with Gasteiger partial charge in [-0.05, 0) is 17.7 Å². The molecule has 84 valence electrons. The first-order valence-corrected chi connectivity index (χ1v) is 4.96. The first-order valence-electron chi connectivity index (χ1n) is 4.58. The Hall–Kier alpha value is -1.81. The van der Waals surface area contributed by atoms with Crippen LogP contribution in [0.1, 0.15) is 5.56 Å². The molecule has 0 bridgehead atoms. The van der Waals surface area contributed by atoms with Gasteiger partial charge in [-0.2, -0.15) is 0 Å². The minimum absolute atomic E-state index is 0.175. The normalized spacial score (nSPS) is 10.3. The van der Waals surface area contributed by atoms with Gasteiger partial charge in [-0.3, -0.25) is 9.59 Å². The fraction of sp³-hybridized carbons (Fsp3) is 0.0909. The van der Waals surface area contributed by atoms with Crippen molar-refractivity contribution in [3.63, 3.8) is 0 Å². The second-order valence-corrected chi connectivity index (χ2v) is 3.45. The summed E-state index contributed by atoms with van der Waals surface area (Å²) in [5, 5.41) is 2.89. The van der Waals surface area contributed by atoms with Gasteiger partial charge in [0.2, 0.25) is 11.8 Å². The maximum Gasteiger partial charge on any atom is 0.244 e. The van der Waals surface area contributed by atoms with Crippen LogP contribution in [0.2, 0.25) is 5.02 Å². The predicted octanol–water partition coefficient (Wildman–Crippen LogP) is 0.955. The van der Waals surface area contributed by atoms with Crippen LogP contribution in [0.3, 0.4) is 0 Å². The molecule has 1 rings (SSSR count). The van der Waals surface area contributed by atoms with Gasteiger partial charge in [0.05, 0.1) is 6.54 Å². The molecule has 0 saturated carbocycles. The topological polar surface area (TPSA) is 72.2 Å². The molecule has 0 saturated heterocycles. The fourth-order valence-electron chi connectivity index (χ4n) is 1.01. The van der Waals surface area contributed by atoms with E-state index in [9.17, 15) is 9.59 Å². The van der Waals surface area contributed by atoms with E-state index in [1.807, 2.05) is 6.07 Å². The number of carbonyl (C=O) groups excluding carboxylic acids is 2. The number of primary amides is 1. The van der Waals surface area contributed by atoms with Crippen LogP contribution in [0.4, 0.5) is 0 Å². The zero-order valence-electron chi connectivity index (χ0n) is 8.44. The summed E-state index contributed by atoms with van der Waals surface area (Å²) in [6.45, 7) is -0.175. The lowest BCUT2D eigenvalue weighted by molar-refractivity contribution is -0.122. The van der Waals surface area contributed by atoms with Crippen LogP contribution in [0.5, 0.6) is 0 Å². The molecule has 16 heavy (non-hydrogen) atoms. The van der Waals surface area contributed by atoms with E-state index in [1.165, 1.54) is 6.08 Å². The van der Waals surface area contributed by atoms with Crippen LogP contribution in [-0.2, 0) is 9.59 Å². The van der Waals surface area contributed by atoms with Crippen LogP contribution >= 0.6 is 11.6 Å². The van der Waals surface area contributed by atoms with Crippen molar-refractivity contribution in [1.82, 2.24) is 5.32 Å². The molecule has 0 radical (unpaired) electrons. The Morgan fingerprint density at radius 2 is 2.06 bits per heavy atom. The standard InChI is InChI=1S/C11H11ClN2O2/c12-9-4-2-1-3-8(9)5-6-11(16)14-7-10(13)15/h1-6H,7H2,(H2,13,15)(H,14,16)/b6-5+. The van der Waals surface area contributed by atoms with Crippen LogP contribution in [0.25, 0.3) is 6.08 Å². The smallest absolute Gasteiger partial charge is 0.244 e. The highest BCUT2D eigenvalue weighted by atomic mass is 35.5. The number of hydrogen-bond acceptors (Lipinski definition) is 2. The van der Waals surface area contributed by atoms with Crippen molar-refractivity contribution in [2.24, 2.45) is 5.73 Å². The summed E-state index contributed by atoms with van der Waals surface area (Å²) in [6.07, 6.45) is 2.86. The zero-order valence-corrected chi connectivity index (χ0v) is 9.20. The second-order valence-electron chi connectivity index (χ2n) is 3.04. The molecule has 0 unspecified atom stereocenters. The van der Waals surface area contributed by atoms with E-state index in [4.69, 9.17) is 17.3 Å². The lowest BCUT2D eigenvalue weighted by atomic mass is 10.2. The third-order valence-corrected chi connectivity index (χ3v) is 2.10. The van der Waals surface area contributed by atoms with E-state index >= 15 is 0 Å². The minimum atomic E-state index is -0.584. The number of carbonyl (C=O) groups is 2. The molecule has 0 aromatic heterocycles. The van der Waals surface area contributed by atoms with Gasteiger partial charge in [-0.1, -0.05) is 29.8 Å². The molecule has 4 nitrogen and oxygen atoms in total. The van der Waals surface area contributed by atoms with E-state index in [0.29, 0.717) is 5.02 Å². The van der Waals surface area contributed by atoms with Gasteiger partial charge in [0.1, 0.15) is 0 Å². The van der Waals surface area contributed by atoms with Crippen LogP contribution in [0, 0.1) is 0 Å². The van der Waals surface area contributed by atoms with Crippen molar-refractivity contribution in [3.05, 3.63) is 40.9 Å². The SMILES string of the molecule is NC(=O)CNC(=O)/C=C/c1ccccc1Cl. The Morgan fingerprint density at radius 3 is 2.69 bits per heavy atom. The summed E-state index contributed by atoms with van der Waals surface area (Å²) in [4.78, 5) is 21.6. The van der Waals surface area contributed by atoms with E-state index in [-0.39, 0.29) is 6.54 Å². The van der Waals surface area contributed by atoms with Crippen molar-refractivity contribution in [2.45, 2.75) is 0 Å². The van der Waals surface area contributed by atoms with Crippen molar-refractivity contribution in [1.29, 1.82) is 0 Å². The van der Waals surface area contributed by atoms with Gasteiger partial charge >= 0.3 is 0 Å². The Bertz CT molecular complexity index is 430. The predicted molar refractivity (Wildman–Crippen MR) is 62.7 cm³/mol. The zero-order chi connectivity index (χ0) is 12.0. The second kappa shape index (κ2) is 5.92. The van der Waals surface area contributed by atoms with Gasteiger partial charge in [0.15, 0.2) is 0 Å². The number of nitrogens with one attached hydrogen (secondary N) is 1. The summed E-state index contributed by atoms with van der Waals surface area (Å²) in [5.74, 6) is -0.974. The van der Waals surface area contributed by atoms with Gasteiger partial charge in [0.25, 0.3) is 0 Å². The molecule has 2 amide bonds. The Kier molecular flexibility index (Phi) is 4.54. The Labute approximate surface area is 98.1 Å². The molecule has 5 heteroatoms. The summed E-state index contributed by atoms with van der Waals surface area (Å²) in [6, 6.07) is 7.11. The van der Waals surface area contributed by atoms with Crippen LogP contribution in [-0.4, -0.2) is 18.4 Å². The van der Waals surface area contributed by atoms with Crippen LogP contribution < -0.4 is 11.1 Å². The number of hydrogen-bond donors (Lipinski definition) is 2. The number of amides is 2. The van der Waals surface area contributed by atoms with E-state index < -0.39 is 11.8 Å². The molecule has 1 aromatic rings. The van der Waals surface area contributed by atoms with Gasteiger partial charge in [-0.25, -0.2) is 0 Å². The lowest BCUT2D eigenvalue weighted by Gasteiger charge is -1.98. The quantitative estimate of drug-likeness (QED) is 0.767. The number of halogens is 1. The molecule has 0 atom stereocenters. The van der Waals surface area contributed by atoms with Gasteiger partial charge in [0, 0.05) is 11.1 Å². The minimum Gasteiger partial charge on any atom is -0.368 e. The summed E-state index contributed by atoms with van der Waals surface area (Å²) in [7, 11) is 0. The Balaban J connectivity index is 2.57. The lowest BCUT2D eigenvalue weighted by Crippen LogP contribution is -2.32. The van der Waals surface area contributed by atoms with Crippen molar-refractivity contribution < 1.29 is 9.59 Å². The molecule has 0 aliphatic heterocycles. The maximum absolute atomic E-state index is 11.2. The average molecular weight is 239 g/mol. The largest absolute Gasteiger partial charge is 0.368 e. The number of nitrogens with two attached hydrogens (primary N) is 1. The molecular formula is C11H11ClN2O2. The third-order valence-electron chi connectivity index (χ3n) is 1.76. The molecule has 0 heterocycles. The van der Waals surface area contributed by atoms with E-state index in [2.05, 4.69) is 5.32 Å². The first kappa shape index (κ1) is 12.3. The fourth-order valence-corrected chi connectivity index (χ4v) is 1.21. The molecule has 0 spiro atoms. The molecular weight excluding hydrogens is 228 g/mol. The van der Waals surface area contributed by atoms with Crippen molar-refractivity contribution in [2.75, 3.05) is 6.54 Å². The van der Waals surface area contributed by atoms with Crippen molar-refractivity contribution >= 4 is 29.5 Å². The number of rotatable bonds is 4. The molecule has 0 aliphatic carbocycles. The highest BCUT2D eigenvalue weighted by Gasteiger charge is 1.98. The number of benzene rings is 1. The Morgan fingerprint density at radius 1 is 1.38 bits per heavy atom. The summed E-state index contributed by atoms with van der Waals surface area (Å²) in [5.41, 5.74) is 5.61. The van der Waals surface area contributed by atoms with E-state index in [0.717, 1.165) is 5.56 Å². The molecule has 0 aliphatic rings.